The van der Waals surface area contributed by atoms with E-state index >= 15 is 0 Å². The summed E-state index contributed by atoms with van der Waals surface area (Å²) >= 11 is 0. The van der Waals surface area contributed by atoms with Crippen LogP contribution in [0.15, 0.2) is 48.5 Å². The number of carbonyl (C=O) groups is 3. The van der Waals surface area contributed by atoms with Crippen LogP contribution in [-0.2, 0) is 19.1 Å². The van der Waals surface area contributed by atoms with E-state index in [2.05, 4.69) is 34.9 Å². The number of carbonyl (C=O) groups excluding carboxylic acids is 2. The number of ether oxygens (including phenoxy) is 2. The third kappa shape index (κ3) is 5.03. The van der Waals surface area contributed by atoms with Crippen LogP contribution >= 0.6 is 0 Å². The van der Waals surface area contributed by atoms with Crippen LogP contribution in [0, 0.1) is 11.8 Å². The number of aliphatic carboxylic acids is 1. The summed E-state index contributed by atoms with van der Waals surface area (Å²) in [6, 6.07) is 16.3. The van der Waals surface area contributed by atoms with Gasteiger partial charge in [-0.2, -0.15) is 0 Å². The van der Waals surface area contributed by atoms with E-state index in [1.165, 1.54) is 22.3 Å². The Morgan fingerprint density at radius 1 is 0.943 bits per heavy atom. The summed E-state index contributed by atoms with van der Waals surface area (Å²) in [5.41, 5.74) is 4.70. The summed E-state index contributed by atoms with van der Waals surface area (Å²) in [6.07, 6.45) is 1.63. The van der Waals surface area contributed by atoms with Crippen LogP contribution in [0.5, 0.6) is 0 Å². The Kier molecular flexibility index (Phi) is 6.72. The second-order valence-corrected chi connectivity index (χ2v) is 9.65. The number of rotatable bonds is 7. The first-order chi connectivity index (χ1) is 17.0. The van der Waals surface area contributed by atoms with Crippen molar-refractivity contribution in [1.29, 1.82) is 0 Å². The Bertz CT molecular complexity index is 1070. The van der Waals surface area contributed by atoms with Gasteiger partial charge in [-0.1, -0.05) is 48.5 Å². The van der Waals surface area contributed by atoms with Gasteiger partial charge in [0.2, 0.25) is 5.91 Å². The van der Waals surface area contributed by atoms with Gasteiger partial charge in [0.05, 0.1) is 18.6 Å². The summed E-state index contributed by atoms with van der Waals surface area (Å²) in [7, 11) is 0. The van der Waals surface area contributed by atoms with Crippen LogP contribution in [0.1, 0.15) is 42.7 Å². The number of hydrogen-bond acceptors (Lipinski definition) is 5. The number of carboxylic acid groups (broad SMARTS) is 1. The minimum atomic E-state index is -0.864. The molecule has 0 spiro atoms. The Morgan fingerprint density at radius 2 is 1.63 bits per heavy atom. The molecular formula is C27H30N2O6. The van der Waals surface area contributed by atoms with E-state index in [9.17, 15) is 14.4 Å². The Hall–Kier alpha value is -3.39. The fourth-order valence-electron chi connectivity index (χ4n) is 5.54. The van der Waals surface area contributed by atoms with Gasteiger partial charge < -0.3 is 25.2 Å². The molecule has 2 aromatic carbocycles. The summed E-state index contributed by atoms with van der Waals surface area (Å²) < 4.78 is 11.1. The molecular weight excluding hydrogens is 448 g/mol. The second-order valence-electron chi connectivity index (χ2n) is 9.65. The molecule has 0 bridgehead atoms. The van der Waals surface area contributed by atoms with Gasteiger partial charge in [0.1, 0.15) is 6.61 Å². The van der Waals surface area contributed by atoms with Crippen molar-refractivity contribution in [3.8, 4) is 11.1 Å². The quantitative estimate of drug-likeness (QED) is 0.563. The third-order valence-corrected chi connectivity index (χ3v) is 7.40. The molecule has 5 rings (SSSR count). The maximum atomic E-state index is 12.6. The topological polar surface area (TPSA) is 114 Å². The fraction of sp³-hybridized carbons (Fsp3) is 0.444. The Balaban J connectivity index is 1.07. The Morgan fingerprint density at radius 3 is 2.29 bits per heavy atom. The molecule has 35 heavy (non-hydrogen) atoms. The van der Waals surface area contributed by atoms with E-state index in [1.54, 1.807) is 0 Å². The average molecular weight is 479 g/mol. The molecule has 3 aliphatic rings. The van der Waals surface area contributed by atoms with Crippen LogP contribution in [0.25, 0.3) is 11.1 Å². The lowest BCUT2D eigenvalue weighted by Crippen LogP contribution is -2.37. The lowest BCUT2D eigenvalue weighted by Gasteiger charge is -2.17. The maximum Gasteiger partial charge on any atom is 0.407 e. The molecule has 2 aromatic rings. The highest BCUT2D eigenvalue weighted by Gasteiger charge is 2.34. The molecule has 0 radical (unpaired) electrons. The van der Waals surface area contributed by atoms with E-state index in [4.69, 9.17) is 14.6 Å². The first kappa shape index (κ1) is 23.4. The molecule has 8 nitrogen and oxygen atoms in total. The molecule has 1 aliphatic heterocycles. The monoisotopic (exact) mass is 478 g/mol. The molecule has 2 unspecified atom stereocenters. The van der Waals surface area contributed by atoms with Crippen molar-refractivity contribution < 1.29 is 29.0 Å². The van der Waals surface area contributed by atoms with E-state index in [1.807, 2.05) is 24.3 Å². The summed E-state index contributed by atoms with van der Waals surface area (Å²) in [6.45, 7) is 0.754. The molecule has 2 amide bonds. The van der Waals surface area contributed by atoms with Gasteiger partial charge in [0, 0.05) is 24.4 Å². The van der Waals surface area contributed by atoms with E-state index in [-0.39, 0.29) is 43.1 Å². The first-order valence-corrected chi connectivity index (χ1v) is 12.2. The fourth-order valence-corrected chi connectivity index (χ4v) is 5.54. The average Bonchev–Trinajstić information content (AvgIpc) is 3.59. The number of benzene rings is 2. The second kappa shape index (κ2) is 10.1. The van der Waals surface area contributed by atoms with Gasteiger partial charge in [-0.25, -0.2) is 4.79 Å². The predicted octanol–water partition coefficient (Wildman–Crippen LogP) is 3.30. The normalized spacial score (nSPS) is 25.0. The molecule has 4 atom stereocenters. The number of fused-ring (bicyclic) bond motifs is 3. The summed E-state index contributed by atoms with van der Waals surface area (Å²) in [5, 5.41) is 14.9. The van der Waals surface area contributed by atoms with Gasteiger partial charge in [0.25, 0.3) is 0 Å². The zero-order valence-corrected chi connectivity index (χ0v) is 19.4. The van der Waals surface area contributed by atoms with Crippen LogP contribution in [0.3, 0.4) is 0 Å². The predicted molar refractivity (Wildman–Crippen MR) is 128 cm³/mol. The highest BCUT2D eigenvalue weighted by molar-refractivity contribution is 5.80. The molecule has 1 heterocycles. The molecule has 0 aromatic heterocycles. The first-order valence-electron chi connectivity index (χ1n) is 12.2. The molecule has 1 saturated carbocycles. The largest absolute Gasteiger partial charge is 0.481 e. The Labute approximate surface area is 204 Å². The highest BCUT2D eigenvalue weighted by atomic mass is 16.5. The standard InChI is InChI=1S/C27H30N2O6/c30-25(28-13-19-12-17(14-34-19)26(31)32)16-9-10-18(11-16)29-27(33)35-15-24-22-7-3-1-5-20(22)21-6-2-4-8-23(21)24/h1-8,16-19,24H,9-15H2,(H,28,30)(H,29,33)(H,31,32)/t16-,17?,18+,19?/m1/s1. The number of hydrogen-bond donors (Lipinski definition) is 3. The lowest BCUT2D eigenvalue weighted by molar-refractivity contribution is -0.141. The van der Waals surface area contributed by atoms with Crippen molar-refractivity contribution >= 4 is 18.0 Å². The van der Waals surface area contributed by atoms with Gasteiger partial charge in [-0.05, 0) is 47.9 Å². The van der Waals surface area contributed by atoms with Gasteiger partial charge in [-0.3, -0.25) is 9.59 Å². The molecule has 2 fully saturated rings. The molecule has 184 valence electrons. The smallest absolute Gasteiger partial charge is 0.407 e. The van der Waals surface area contributed by atoms with Crippen molar-refractivity contribution in [2.75, 3.05) is 19.8 Å². The third-order valence-electron chi connectivity index (χ3n) is 7.40. The van der Waals surface area contributed by atoms with Gasteiger partial charge >= 0.3 is 12.1 Å². The molecule has 1 saturated heterocycles. The van der Waals surface area contributed by atoms with E-state index in [0.29, 0.717) is 32.2 Å². The van der Waals surface area contributed by atoms with Crippen molar-refractivity contribution in [1.82, 2.24) is 10.6 Å². The highest BCUT2D eigenvalue weighted by Crippen LogP contribution is 2.44. The number of carboxylic acids is 1. The van der Waals surface area contributed by atoms with Crippen molar-refractivity contribution in [3.05, 3.63) is 59.7 Å². The zero-order valence-electron chi connectivity index (χ0n) is 19.4. The van der Waals surface area contributed by atoms with Crippen molar-refractivity contribution in [3.63, 3.8) is 0 Å². The van der Waals surface area contributed by atoms with Crippen molar-refractivity contribution in [2.24, 2.45) is 11.8 Å². The summed E-state index contributed by atoms with van der Waals surface area (Å²) in [5.74, 6) is -1.63. The summed E-state index contributed by atoms with van der Waals surface area (Å²) in [4.78, 5) is 36.1. The van der Waals surface area contributed by atoms with Crippen LogP contribution < -0.4 is 10.6 Å². The zero-order chi connectivity index (χ0) is 24.4. The van der Waals surface area contributed by atoms with Gasteiger partial charge in [0.15, 0.2) is 0 Å². The number of alkyl carbamates (subject to hydrolysis) is 1. The van der Waals surface area contributed by atoms with Gasteiger partial charge in [-0.15, -0.1) is 0 Å². The minimum absolute atomic E-state index is 0.00813. The van der Waals surface area contributed by atoms with Crippen LogP contribution in [0.4, 0.5) is 4.79 Å². The molecule has 8 heteroatoms. The SMILES string of the molecule is O=C(N[C@H]1CC[C@@H](C(=O)NCC2CC(C(=O)O)CO2)C1)OCC1c2ccccc2-c2ccccc21. The maximum absolute atomic E-state index is 12.6. The van der Waals surface area contributed by atoms with Crippen molar-refractivity contribution in [2.45, 2.75) is 43.7 Å². The minimum Gasteiger partial charge on any atom is -0.481 e. The van der Waals surface area contributed by atoms with Crippen LogP contribution in [-0.4, -0.2) is 55.0 Å². The molecule has 2 aliphatic carbocycles. The van der Waals surface area contributed by atoms with E-state index < -0.39 is 18.0 Å². The lowest BCUT2D eigenvalue weighted by atomic mass is 9.98. The molecule has 3 N–H and O–H groups in total. The number of amides is 2. The van der Waals surface area contributed by atoms with Crippen LogP contribution in [0.2, 0.25) is 0 Å². The van der Waals surface area contributed by atoms with E-state index in [0.717, 1.165) is 0 Å². The number of nitrogens with one attached hydrogen (secondary N) is 2.